The monoisotopic (exact) mass is 382 g/mol. The molecule has 0 aliphatic heterocycles. The van der Waals surface area contributed by atoms with Crippen molar-refractivity contribution in [1.29, 1.82) is 0 Å². The van der Waals surface area contributed by atoms with Gasteiger partial charge in [-0.25, -0.2) is 0 Å². The number of phenols is 1. The smallest absolute Gasteiger partial charge is 0.189 e. The van der Waals surface area contributed by atoms with Crippen molar-refractivity contribution in [2.24, 2.45) is 0 Å². The van der Waals surface area contributed by atoms with Gasteiger partial charge in [0.2, 0.25) is 0 Å². The Bertz CT molecular complexity index is 905. The summed E-state index contributed by atoms with van der Waals surface area (Å²) in [6.45, 7) is 4.01. The van der Waals surface area contributed by atoms with Crippen LogP contribution in [0.15, 0.2) is 48.1 Å². The molecule has 0 amide bonds. The van der Waals surface area contributed by atoms with Gasteiger partial charge in [-0.3, -0.25) is 4.79 Å². The van der Waals surface area contributed by atoms with Gasteiger partial charge in [-0.2, -0.15) is 0 Å². The van der Waals surface area contributed by atoms with Gasteiger partial charge in [0.25, 0.3) is 0 Å². The minimum absolute atomic E-state index is 0.111. The van der Waals surface area contributed by atoms with E-state index >= 15 is 0 Å². The zero-order valence-corrected chi connectivity index (χ0v) is 16.9. The van der Waals surface area contributed by atoms with E-state index in [1.807, 2.05) is 26.0 Å². The van der Waals surface area contributed by atoms with Gasteiger partial charge >= 0.3 is 0 Å². The normalized spacial score (nSPS) is 10.6. The lowest BCUT2D eigenvalue weighted by molar-refractivity contribution is 0.104. The Labute approximate surface area is 165 Å². The maximum Gasteiger partial charge on any atom is 0.189 e. The fraction of sp³-hybridized carbons (Fsp3) is 0.261. The lowest BCUT2D eigenvalue weighted by atomic mass is 10.0. The number of methoxy groups -OCH3 is 3. The molecule has 0 heterocycles. The molecule has 0 fully saturated rings. The first-order valence-electron chi connectivity index (χ1n) is 8.87. The van der Waals surface area contributed by atoms with E-state index in [0.29, 0.717) is 23.7 Å². The van der Waals surface area contributed by atoms with Crippen LogP contribution in [-0.4, -0.2) is 32.2 Å². The first-order chi connectivity index (χ1) is 13.4. The number of phenolic OH excluding ortho intramolecular Hbond substituents is 1. The first-order valence-corrected chi connectivity index (χ1v) is 8.87. The summed E-state index contributed by atoms with van der Waals surface area (Å²) < 4.78 is 15.8. The lowest BCUT2D eigenvalue weighted by Gasteiger charge is -2.11. The van der Waals surface area contributed by atoms with Crippen LogP contribution in [0.3, 0.4) is 0 Å². The second-order valence-corrected chi connectivity index (χ2v) is 6.48. The second-order valence-electron chi connectivity index (χ2n) is 6.48. The average Bonchev–Trinajstić information content (AvgIpc) is 2.70. The number of hydrogen-bond acceptors (Lipinski definition) is 5. The Balaban J connectivity index is 2.31. The molecule has 0 saturated carbocycles. The highest BCUT2D eigenvalue weighted by Crippen LogP contribution is 2.31. The second kappa shape index (κ2) is 9.65. The number of ketones is 1. The maximum atomic E-state index is 12.6. The van der Waals surface area contributed by atoms with Crippen molar-refractivity contribution < 1.29 is 24.1 Å². The van der Waals surface area contributed by atoms with Crippen LogP contribution in [-0.2, 0) is 6.42 Å². The van der Waals surface area contributed by atoms with Crippen molar-refractivity contribution >= 4 is 11.9 Å². The molecule has 0 aliphatic rings. The molecule has 2 aromatic carbocycles. The lowest BCUT2D eigenvalue weighted by Crippen LogP contribution is -2.00. The minimum atomic E-state index is -0.298. The standard InChI is InChI=1S/C23H26O5/c1-15(2)6-9-17-13-18(20(25)14-22(17)27-4)19(24)10-7-16-8-11-21(26-3)23(12-16)28-5/h6-8,10-14,25H,9H2,1-5H3/b10-7+. The van der Waals surface area contributed by atoms with Gasteiger partial charge in [0, 0.05) is 6.07 Å². The molecule has 0 aromatic heterocycles. The highest BCUT2D eigenvalue weighted by atomic mass is 16.5. The number of carbonyl (C=O) groups is 1. The Morgan fingerprint density at radius 2 is 1.64 bits per heavy atom. The predicted octanol–water partition coefficient (Wildman–Crippen LogP) is 4.82. The van der Waals surface area contributed by atoms with Crippen LogP contribution in [0.1, 0.15) is 35.3 Å². The molecule has 1 N–H and O–H groups in total. The van der Waals surface area contributed by atoms with Gasteiger partial charge in [0.1, 0.15) is 11.5 Å². The van der Waals surface area contributed by atoms with Crippen LogP contribution in [0.4, 0.5) is 0 Å². The van der Waals surface area contributed by atoms with Gasteiger partial charge in [0.05, 0.1) is 26.9 Å². The zero-order valence-electron chi connectivity index (χ0n) is 16.9. The van der Waals surface area contributed by atoms with Crippen molar-refractivity contribution in [1.82, 2.24) is 0 Å². The SMILES string of the molecule is COc1cc(O)c(C(=O)/C=C/c2ccc(OC)c(OC)c2)cc1CC=C(C)C. The van der Waals surface area contributed by atoms with Gasteiger partial charge in [0.15, 0.2) is 17.3 Å². The number of allylic oxidation sites excluding steroid dienone is 3. The van der Waals surface area contributed by atoms with Crippen molar-refractivity contribution in [3.05, 3.63) is 64.7 Å². The molecule has 0 aliphatic carbocycles. The largest absolute Gasteiger partial charge is 0.507 e. The molecule has 0 bridgehead atoms. The number of ether oxygens (including phenoxy) is 3. The highest BCUT2D eigenvalue weighted by Gasteiger charge is 2.14. The third-order valence-corrected chi connectivity index (χ3v) is 4.23. The van der Waals surface area contributed by atoms with Gasteiger partial charge in [-0.05, 0) is 55.7 Å². The molecule has 5 nitrogen and oxygen atoms in total. The van der Waals surface area contributed by atoms with E-state index < -0.39 is 0 Å². The minimum Gasteiger partial charge on any atom is -0.507 e. The van der Waals surface area contributed by atoms with E-state index in [4.69, 9.17) is 14.2 Å². The summed E-state index contributed by atoms with van der Waals surface area (Å²) in [6, 6.07) is 8.52. The molecule has 0 atom stereocenters. The fourth-order valence-corrected chi connectivity index (χ4v) is 2.69. The fourth-order valence-electron chi connectivity index (χ4n) is 2.69. The van der Waals surface area contributed by atoms with E-state index in [1.54, 1.807) is 45.6 Å². The van der Waals surface area contributed by atoms with E-state index in [9.17, 15) is 9.90 Å². The third-order valence-electron chi connectivity index (χ3n) is 4.23. The summed E-state index contributed by atoms with van der Waals surface area (Å²) in [6.07, 6.45) is 5.76. The average molecular weight is 382 g/mol. The summed E-state index contributed by atoms with van der Waals surface area (Å²) in [5, 5.41) is 10.3. The maximum absolute atomic E-state index is 12.6. The van der Waals surface area contributed by atoms with Crippen LogP contribution in [0.5, 0.6) is 23.0 Å². The van der Waals surface area contributed by atoms with Gasteiger partial charge in [-0.15, -0.1) is 0 Å². The Morgan fingerprint density at radius 3 is 2.25 bits per heavy atom. The molecule has 5 heteroatoms. The molecule has 2 aromatic rings. The molecular weight excluding hydrogens is 356 g/mol. The molecule has 28 heavy (non-hydrogen) atoms. The third kappa shape index (κ3) is 5.16. The zero-order chi connectivity index (χ0) is 20.7. The Hall–Kier alpha value is -3.21. The molecule has 0 radical (unpaired) electrons. The Kier molecular flexibility index (Phi) is 7.27. The number of rotatable bonds is 8. The molecule has 0 unspecified atom stereocenters. The van der Waals surface area contributed by atoms with Gasteiger partial charge < -0.3 is 19.3 Å². The predicted molar refractivity (Wildman–Crippen MR) is 111 cm³/mol. The van der Waals surface area contributed by atoms with E-state index in [2.05, 4.69) is 0 Å². The van der Waals surface area contributed by atoms with Crippen LogP contribution >= 0.6 is 0 Å². The molecular formula is C23H26O5. The van der Waals surface area contributed by atoms with Crippen molar-refractivity contribution in [2.45, 2.75) is 20.3 Å². The van der Waals surface area contributed by atoms with Crippen molar-refractivity contribution in [3.63, 3.8) is 0 Å². The summed E-state index contributed by atoms with van der Waals surface area (Å²) in [7, 11) is 4.66. The summed E-state index contributed by atoms with van der Waals surface area (Å²) in [5.41, 5.74) is 3.01. The quantitative estimate of drug-likeness (QED) is 0.403. The summed E-state index contributed by atoms with van der Waals surface area (Å²) >= 11 is 0. The van der Waals surface area contributed by atoms with Crippen LogP contribution < -0.4 is 14.2 Å². The summed E-state index contributed by atoms with van der Waals surface area (Å²) in [5.74, 6) is 1.33. The molecule has 148 valence electrons. The molecule has 0 saturated heterocycles. The number of aromatic hydroxyl groups is 1. The van der Waals surface area contributed by atoms with E-state index in [-0.39, 0.29) is 17.1 Å². The van der Waals surface area contributed by atoms with Crippen LogP contribution in [0, 0.1) is 0 Å². The van der Waals surface area contributed by atoms with Crippen LogP contribution in [0.2, 0.25) is 0 Å². The Morgan fingerprint density at radius 1 is 0.964 bits per heavy atom. The number of hydrogen-bond donors (Lipinski definition) is 1. The number of carbonyl (C=O) groups excluding carboxylic acids is 1. The van der Waals surface area contributed by atoms with Crippen molar-refractivity contribution in [3.8, 4) is 23.0 Å². The van der Waals surface area contributed by atoms with Crippen molar-refractivity contribution in [2.75, 3.05) is 21.3 Å². The first kappa shape index (κ1) is 21.1. The number of benzene rings is 2. The highest BCUT2D eigenvalue weighted by molar-refractivity contribution is 6.08. The topological polar surface area (TPSA) is 65.0 Å². The molecule has 2 rings (SSSR count). The summed E-state index contributed by atoms with van der Waals surface area (Å²) in [4.78, 5) is 12.6. The molecule has 0 spiro atoms. The van der Waals surface area contributed by atoms with Gasteiger partial charge in [-0.1, -0.05) is 23.8 Å². The van der Waals surface area contributed by atoms with Crippen LogP contribution in [0.25, 0.3) is 6.08 Å². The van der Waals surface area contributed by atoms with E-state index in [1.165, 1.54) is 12.1 Å². The van der Waals surface area contributed by atoms with E-state index in [0.717, 1.165) is 16.7 Å².